The summed E-state index contributed by atoms with van der Waals surface area (Å²) < 4.78 is 1.76. The van der Waals surface area contributed by atoms with E-state index in [2.05, 4.69) is 75.2 Å². The Morgan fingerprint density at radius 1 is 1.21 bits per heavy atom. The lowest BCUT2D eigenvalue weighted by atomic mass is 9.94. The Morgan fingerprint density at radius 2 is 1.96 bits per heavy atom. The molecule has 1 saturated carbocycles. The predicted octanol–water partition coefficient (Wildman–Crippen LogP) is 2.53. The van der Waals surface area contributed by atoms with Crippen LogP contribution in [0.25, 0.3) is 0 Å². The molecule has 1 heterocycles. The van der Waals surface area contributed by atoms with Crippen LogP contribution in [0.3, 0.4) is 0 Å². The Morgan fingerprint density at radius 3 is 2.61 bits per heavy atom. The number of benzene rings is 1. The van der Waals surface area contributed by atoms with Crippen LogP contribution in [0.1, 0.15) is 57.0 Å². The average molecular weight is 384 g/mol. The first-order chi connectivity index (χ1) is 13.6. The minimum atomic E-state index is 0.0935. The van der Waals surface area contributed by atoms with Crippen molar-refractivity contribution in [2.75, 3.05) is 13.1 Å². The molecule has 1 atom stereocenters. The first-order valence-corrected chi connectivity index (χ1v) is 10.3. The van der Waals surface area contributed by atoms with Crippen molar-refractivity contribution >= 4 is 5.96 Å². The van der Waals surface area contributed by atoms with Crippen LogP contribution in [-0.4, -0.2) is 39.4 Å². The molecule has 0 saturated heterocycles. The number of hydrogen-bond acceptors (Lipinski definition) is 4. The van der Waals surface area contributed by atoms with Crippen LogP contribution in [0.4, 0.5) is 0 Å². The predicted molar refractivity (Wildman–Crippen MR) is 113 cm³/mol. The van der Waals surface area contributed by atoms with Crippen LogP contribution in [0, 0.1) is 0 Å². The van der Waals surface area contributed by atoms with Crippen LogP contribution < -0.4 is 16.0 Å². The number of aromatic nitrogens is 3. The molecule has 0 bridgehead atoms. The Balaban J connectivity index is 1.64. The van der Waals surface area contributed by atoms with Gasteiger partial charge in [-0.3, -0.25) is 4.68 Å². The number of hydrogen-bond donors (Lipinski definition) is 3. The lowest BCUT2D eigenvalue weighted by molar-refractivity contribution is 0.297. The second kappa shape index (κ2) is 9.68. The van der Waals surface area contributed by atoms with Gasteiger partial charge in [0.05, 0.1) is 0 Å². The summed E-state index contributed by atoms with van der Waals surface area (Å²) in [6.07, 6.45) is 6.46. The molecule has 1 unspecified atom stereocenters. The van der Waals surface area contributed by atoms with E-state index in [9.17, 15) is 0 Å². The van der Waals surface area contributed by atoms with Crippen molar-refractivity contribution < 1.29 is 0 Å². The fraction of sp³-hybridized carbons (Fsp3) is 0.571. The van der Waals surface area contributed by atoms with Crippen molar-refractivity contribution in [3.8, 4) is 0 Å². The van der Waals surface area contributed by atoms with Crippen LogP contribution in [0.15, 0.2) is 41.7 Å². The van der Waals surface area contributed by atoms with Gasteiger partial charge in [-0.1, -0.05) is 43.2 Å². The molecule has 1 aromatic heterocycles. The molecule has 1 fully saturated rings. The first kappa shape index (κ1) is 20.3. The van der Waals surface area contributed by atoms with Crippen LogP contribution in [-0.2, 0) is 13.6 Å². The Hall–Kier alpha value is -2.41. The summed E-state index contributed by atoms with van der Waals surface area (Å²) in [5.74, 6) is 1.68. The second-order valence-corrected chi connectivity index (χ2v) is 7.61. The molecule has 1 aliphatic rings. The van der Waals surface area contributed by atoms with Crippen molar-refractivity contribution in [2.24, 2.45) is 12.0 Å². The van der Waals surface area contributed by atoms with Gasteiger partial charge >= 0.3 is 0 Å². The quantitative estimate of drug-likeness (QED) is 0.482. The lowest BCUT2D eigenvalue weighted by Gasteiger charge is -2.35. The van der Waals surface area contributed by atoms with E-state index < -0.39 is 0 Å². The topological polar surface area (TPSA) is 79.2 Å². The summed E-state index contributed by atoms with van der Waals surface area (Å²) >= 11 is 0. The molecule has 3 N–H and O–H groups in total. The molecule has 7 nitrogen and oxygen atoms in total. The highest BCUT2D eigenvalue weighted by Crippen LogP contribution is 2.31. The van der Waals surface area contributed by atoms with Crippen molar-refractivity contribution in [3.05, 3.63) is 48.0 Å². The minimum absolute atomic E-state index is 0.0935. The van der Waals surface area contributed by atoms with Gasteiger partial charge in [0, 0.05) is 31.7 Å². The highest BCUT2D eigenvalue weighted by atomic mass is 15.3. The number of rotatable bonds is 8. The molecule has 0 radical (unpaired) electrons. The summed E-state index contributed by atoms with van der Waals surface area (Å²) in [5, 5.41) is 14.9. The van der Waals surface area contributed by atoms with E-state index in [1.165, 1.54) is 31.2 Å². The van der Waals surface area contributed by atoms with Gasteiger partial charge in [-0.25, -0.2) is 9.98 Å². The molecule has 0 spiro atoms. The summed E-state index contributed by atoms with van der Waals surface area (Å²) in [6, 6.07) is 11.0. The van der Waals surface area contributed by atoms with E-state index in [0.29, 0.717) is 12.6 Å². The van der Waals surface area contributed by atoms with Crippen LogP contribution >= 0.6 is 0 Å². The Labute approximate surface area is 168 Å². The van der Waals surface area contributed by atoms with E-state index in [-0.39, 0.29) is 5.54 Å². The maximum absolute atomic E-state index is 4.69. The molecule has 28 heavy (non-hydrogen) atoms. The van der Waals surface area contributed by atoms with Crippen molar-refractivity contribution in [3.63, 3.8) is 0 Å². The molecular weight excluding hydrogens is 350 g/mol. The van der Waals surface area contributed by atoms with Gasteiger partial charge in [0.2, 0.25) is 0 Å². The zero-order chi connectivity index (χ0) is 19.8. The Kier molecular flexibility index (Phi) is 7.03. The zero-order valence-electron chi connectivity index (χ0n) is 17.3. The van der Waals surface area contributed by atoms with Gasteiger partial charge in [-0.05, 0) is 32.3 Å². The number of guanidine groups is 1. The minimum Gasteiger partial charge on any atom is -0.357 e. The summed E-state index contributed by atoms with van der Waals surface area (Å²) in [6.45, 7) is 6.52. The molecule has 1 aromatic carbocycles. The normalized spacial score (nSPS) is 17.5. The maximum atomic E-state index is 4.69. The highest BCUT2D eigenvalue weighted by Gasteiger charge is 2.35. The number of nitrogens with zero attached hydrogens (tertiary/aromatic N) is 4. The molecule has 1 aliphatic carbocycles. The van der Waals surface area contributed by atoms with Gasteiger partial charge in [0.1, 0.15) is 18.7 Å². The van der Waals surface area contributed by atoms with Gasteiger partial charge in [0.25, 0.3) is 0 Å². The number of aryl methyl sites for hydroxylation is 1. The molecule has 2 aromatic rings. The number of aliphatic imine (C=N–C) groups is 1. The largest absolute Gasteiger partial charge is 0.357 e. The lowest BCUT2D eigenvalue weighted by Crippen LogP contribution is -2.54. The van der Waals surface area contributed by atoms with Gasteiger partial charge < -0.3 is 16.0 Å². The number of nitrogens with one attached hydrogen (secondary N) is 3. The molecule has 0 aliphatic heterocycles. The summed E-state index contributed by atoms with van der Waals surface area (Å²) in [7, 11) is 1.89. The Bertz CT molecular complexity index is 747. The molecular formula is C21H33N7. The zero-order valence-corrected chi connectivity index (χ0v) is 17.3. The van der Waals surface area contributed by atoms with E-state index in [4.69, 9.17) is 0 Å². The van der Waals surface area contributed by atoms with Crippen molar-refractivity contribution in [1.82, 2.24) is 30.7 Å². The molecule has 3 rings (SSSR count). The van der Waals surface area contributed by atoms with Gasteiger partial charge in [0.15, 0.2) is 5.96 Å². The second-order valence-electron chi connectivity index (χ2n) is 7.61. The van der Waals surface area contributed by atoms with E-state index in [1.54, 1.807) is 11.0 Å². The standard InChI is InChI=1S/C21H33N7/c1-4-22-20(23-14-19-25-16-26-28(19)3)24-15-21(12-8-9-13-21)27-17(2)18-10-6-5-7-11-18/h5-7,10-11,16-17,27H,4,8-9,12-15H2,1-3H3,(H2,22,23,24). The summed E-state index contributed by atoms with van der Waals surface area (Å²) in [4.78, 5) is 8.94. The van der Waals surface area contributed by atoms with Crippen molar-refractivity contribution in [1.29, 1.82) is 0 Å². The fourth-order valence-electron chi connectivity index (χ4n) is 3.92. The average Bonchev–Trinajstić information content (AvgIpc) is 3.34. The van der Waals surface area contributed by atoms with Crippen LogP contribution in [0.2, 0.25) is 0 Å². The fourth-order valence-corrected chi connectivity index (χ4v) is 3.92. The maximum Gasteiger partial charge on any atom is 0.191 e. The molecule has 7 heteroatoms. The summed E-state index contributed by atoms with van der Waals surface area (Å²) in [5.41, 5.74) is 1.42. The monoisotopic (exact) mass is 383 g/mol. The molecule has 0 amide bonds. The highest BCUT2D eigenvalue weighted by molar-refractivity contribution is 5.79. The third-order valence-electron chi connectivity index (χ3n) is 5.51. The first-order valence-electron chi connectivity index (χ1n) is 10.3. The van der Waals surface area contributed by atoms with Gasteiger partial charge in [-0.2, -0.15) is 5.10 Å². The van der Waals surface area contributed by atoms with Crippen molar-refractivity contribution in [2.45, 2.75) is 57.7 Å². The SMILES string of the molecule is CCNC(=NCc1ncnn1C)NCC1(NC(C)c2ccccc2)CCCC1. The third-order valence-corrected chi connectivity index (χ3v) is 5.51. The van der Waals surface area contributed by atoms with E-state index >= 15 is 0 Å². The van der Waals surface area contributed by atoms with E-state index in [1.807, 2.05) is 7.05 Å². The smallest absolute Gasteiger partial charge is 0.191 e. The van der Waals surface area contributed by atoms with Gasteiger partial charge in [-0.15, -0.1) is 0 Å². The van der Waals surface area contributed by atoms with E-state index in [0.717, 1.165) is 24.9 Å². The van der Waals surface area contributed by atoms with Crippen LogP contribution in [0.5, 0.6) is 0 Å². The molecule has 152 valence electrons. The third kappa shape index (κ3) is 5.32.